The lowest BCUT2D eigenvalue weighted by molar-refractivity contribution is 0.0936. The quantitative estimate of drug-likeness (QED) is 0.797. The van der Waals surface area contributed by atoms with Gasteiger partial charge in [0.15, 0.2) is 0 Å². The molecule has 1 aromatic carbocycles. The van der Waals surface area contributed by atoms with E-state index in [4.69, 9.17) is 0 Å². The molecule has 1 amide bonds. The van der Waals surface area contributed by atoms with E-state index in [2.05, 4.69) is 10.4 Å². The minimum absolute atomic E-state index is 0.0291. The number of aromatic nitrogens is 2. The van der Waals surface area contributed by atoms with E-state index in [-0.39, 0.29) is 16.4 Å². The van der Waals surface area contributed by atoms with Gasteiger partial charge in [-0.2, -0.15) is 9.40 Å². The molecular weight excluding hydrogens is 383 g/mol. The first-order valence-electron chi connectivity index (χ1n) is 9.47. The Balaban J connectivity index is 1.87. The third-order valence-corrected chi connectivity index (χ3v) is 6.75. The highest BCUT2D eigenvalue weighted by atomic mass is 32.2. The number of rotatable bonds is 6. The van der Waals surface area contributed by atoms with Gasteiger partial charge in [-0.25, -0.2) is 12.8 Å². The number of halogens is 1. The molecule has 0 bridgehead atoms. The number of carbonyl (C=O) groups is 1. The zero-order chi connectivity index (χ0) is 20.3. The molecule has 0 spiro atoms. The van der Waals surface area contributed by atoms with Crippen molar-refractivity contribution in [3.8, 4) is 0 Å². The van der Waals surface area contributed by atoms with E-state index in [1.807, 2.05) is 6.92 Å². The first-order valence-corrected chi connectivity index (χ1v) is 10.9. The third kappa shape index (κ3) is 4.25. The smallest absolute Gasteiger partial charge is 0.263 e. The molecule has 1 fully saturated rings. The van der Waals surface area contributed by atoms with Crippen LogP contribution >= 0.6 is 0 Å². The zero-order valence-corrected chi connectivity index (χ0v) is 16.9. The average molecular weight is 408 g/mol. The van der Waals surface area contributed by atoms with Crippen LogP contribution in [0.2, 0.25) is 0 Å². The number of amides is 1. The van der Waals surface area contributed by atoms with E-state index in [0.29, 0.717) is 19.6 Å². The number of sulfonamides is 1. The molecule has 3 rings (SSSR count). The van der Waals surface area contributed by atoms with Crippen LogP contribution in [0.4, 0.5) is 4.39 Å². The largest absolute Gasteiger partial charge is 0.345 e. The predicted molar refractivity (Wildman–Crippen MR) is 103 cm³/mol. The van der Waals surface area contributed by atoms with Gasteiger partial charge < -0.3 is 5.32 Å². The Kier molecular flexibility index (Phi) is 6.14. The van der Waals surface area contributed by atoms with Gasteiger partial charge >= 0.3 is 0 Å². The van der Waals surface area contributed by atoms with Crippen molar-refractivity contribution in [2.75, 3.05) is 13.1 Å². The summed E-state index contributed by atoms with van der Waals surface area (Å²) in [4.78, 5) is 12.9. The normalized spacial score (nSPS) is 16.7. The molecule has 7 nitrogen and oxygen atoms in total. The van der Waals surface area contributed by atoms with Gasteiger partial charge in [-0.1, -0.05) is 18.6 Å². The first kappa shape index (κ1) is 20.5. The zero-order valence-electron chi connectivity index (χ0n) is 16.1. The summed E-state index contributed by atoms with van der Waals surface area (Å²) in [5, 5.41) is 6.74. The highest BCUT2D eigenvalue weighted by Crippen LogP contribution is 2.23. The molecule has 1 atom stereocenters. The lowest BCUT2D eigenvalue weighted by Gasteiger charge is -2.25. The minimum atomic E-state index is -3.84. The van der Waals surface area contributed by atoms with Crippen LogP contribution < -0.4 is 5.32 Å². The molecule has 2 aromatic rings. The summed E-state index contributed by atoms with van der Waals surface area (Å²) in [7, 11) is -3.84. The van der Waals surface area contributed by atoms with Crippen molar-refractivity contribution in [2.45, 2.75) is 50.7 Å². The Hall–Kier alpha value is -2.26. The molecule has 1 aromatic heterocycles. The molecule has 1 N–H and O–H groups in total. The van der Waals surface area contributed by atoms with Crippen molar-refractivity contribution in [3.63, 3.8) is 0 Å². The van der Waals surface area contributed by atoms with Crippen LogP contribution in [-0.2, 0) is 16.6 Å². The Morgan fingerprint density at radius 3 is 2.46 bits per heavy atom. The van der Waals surface area contributed by atoms with E-state index >= 15 is 0 Å². The second-order valence-corrected chi connectivity index (χ2v) is 8.77. The molecule has 1 unspecified atom stereocenters. The molecular formula is C19H25FN4O3S. The molecule has 28 heavy (non-hydrogen) atoms. The number of hydrogen-bond donors (Lipinski definition) is 1. The van der Waals surface area contributed by atoms with E-state index < -0.39 is 22.0 Å². The summed E-state index contributed by atoms with van der Waals surface area (Å²) < 4.78 is 42.1. The fourth-order valence-electron chi connectivity index (χ4n) is 3.25. The van der Waals surface area contributed by atoms with Crippen LogP contribution in [0.15, 0.2) is 35.5 Å². The van der Waals surface area contributed by atoms with Crippen molar-refractivity contribution < 1.29 is 17.6 Å². The first-order chi connectivity index (χ1) is 13.3. The van der Waals surface area contributed by atoms with E-state index in [0.717, 1.165) is 24.8 Å². The van der Waals surface area contributed by atoms with E-state index in [1.165, 1.54) is 27.3 Å². The van der Waals surface area contributed by atoms with Crippen LogP contribution in [-0.4, -0.2) is 41.5 Å². The molecule has 0 aliphatic carbocycles. The summed E-state index contributed by atoms with van der Waals surface area (Å²) in [5.74, 6) is -0.881. The van der Waals surface area contributed by atoms with Crippen LogP contribution in [0.3, 0.4) is 0 Å². The van der Waals surface area contributed by atoms with Gasteiger partial charge in [-0.3, -0.25) is 9.48 Å². The van der Waals surface area contributed by atoms with Crippen molar-refractivity contribution in [1.29, 1.82) is 0 Å². The van der Waals surface area contributed by atoms with Crippen molar-refractivity contribution >= 4 is 15.9 Å². The number of hydrogen-bond acceptors (Lipinski definition) is 4. The van der Waals surface area contributed by atoms with E-state index in [9.17, 15) is 17.6 Å². The van der Waals surface area contributed by atoms with Crippen molar-refractivity contribution in [1.82, 2.24) is 19.4 Å². The van der Waals surface area contributed by atoms with Crippen LogP contribution in [0.1, 0.15) is 55.1 Å². The molecule has 1 saturated heterocycles. The van der Waals surface area contributed by atoms with Gasteiger partial charge in [0.1, 0.15) is 5.82 Å². The summed E-state index contributed by atoms with van der Waals surface area (Å²) in [6.07, 6.45) is 4.06. The minimum Gasteiger partial charge on any atom is -0.345 e. The number of carbonyl (C=O) groups excluding carboxylic acids is 1. The molecule has 9 heteroatoms. The molecule has 1 aliphatic rings. The highest BCUT2D eigenvalue weighted by Gasteiger charge is 2.33. The van der Waals surface area contributed by atoms with Crippen LogP contribution in [0.5, 0.6) is 0 Å². The molecule has 1 aliphatic heterocycles. The van der Waals surface area contributed by atoms with Gasteiger partial charge in [0, 0.05) is 25.8 Å². The monoisotopic (exact) mass is 408 g/mol. The number of nitrogens with one attached hydrogen (secondary N) is 1. The fraction of sp³-hybridized carbons (Fsp3) is 0.474. The molecule has 152 valence electrons. The van der Waals surface area contributed by atoms with Gasteiger partial charge in [0.05, 0.1) is 11.6 Å². The van der Waals surface area contributed by atoms with Crippen molar-refractivity contribution in [3.05, 3.63) is 47.4 Å². The van der Waals surface area contributed by atoms with Gasteiger partial charge in [-0.05, 0) is 44.4 Å². The maximum atomic E-state index is 13.1. The van der Waals surface area contributed by atoms with Gasteiger partial charge in [0.25, 0.3) is 15.9 Å². The molecule has 0 radical (unpaired) electrons. The fourth-order valence-corrected chi connectivity index (χ4v) is 4.86. The molecule has 0 saturated carbocycles. The maximum absolute atomic E-state index is 13.1. The Bertz CT molecular complexity index is 935. The molecule has 2 heterocycles. The second-order valence-electron chi connectivity index (χ2n) is 6.92. The summed E-state index contributed by atoms with van der Waals surface area (Å²) >= 11 is 0. The lowest BCUT2D eigenvalue weighted by Crippen LogP contribution is -2.37. The Morgan fingerprint density at radius 1 is 1.21 bits per heavy atom. The highest BCUT2D eigenvalue weighted by molar-refractivity contribution is 7.89. The van der Waals surface area contributed by atoms with Crippen LogP contribution in [0, 0.1) is 5.82 Å². The Labute approximate surface area is 164 Å². The third-order valence-electron chi connectivity index (χ3n) is 4.91. The van der Waals surface area contributed by atoms with Gasteiger partial charge in [-0.15, -0.1) is 0 Å². The standard InChI is InChI=1S/C19H25FN4O3S/c1-3-23-13-17(18(25)21-14(2)15-7-9-16(20)10-8-15)19(22-23)28(26,27)24-11-5-4-6-12-24/h7-10,13-14H,3-6,11-12H2,1-2H3,(H,21,25). The number of aryl methyl sites for hydroxylation is 1. The maximum Gasteiger partial charge on any atom is 0.263 e. The van der Waals surface area contributed by atoms with E-state index in [1.54, 1.807) is 19.1 Å². The van der Waals surface area contributed by atoms with Crippen LogP contribution in [0.25, 0.3) is 0 Å². The SMILES string of the molecule is CCn1cc(C(=O)NC(C)c2ccc(F)cc2)c(S(=O)(=O)N2CCCCC2)n1. The van der Waals surface area contributed by atoms with Gasteiger partial charge in [0.2, 0.25) is 5.03 Å². The summed E-state index contributed by atoms with van der Waals surface area (Å²) in [6.45, 7) is 4.91. The number of benzene rings is 1. The lowest BCUT2D eigenvalue weighted by atomic mass is 10.1. The predicted octanol–water partition coefficient (Wildman–Crippen LogP) is 2.71. The number of nitrogens with zero attached hydrogens (tertiary/aromatic N) is 3. The Morgan fingerprint density at radius 2 is 1.86 bits per heavy atom. The number of piperidine rings is 1. The van der Waals surface area contributed by atoms with Crippen molar-refractivity contribution in [2.24, 2.45) is 0 Å². The second kappa shape index (κ2) is 8.40. The average Bonchev–Trinajstić information content (AvgIpc) is 3.15. The summed E-state index contributed by atoms with van der Waals surface area (Å²) in [5.41, 5.74) is 0.749. The topological polar surface area (TPSA) is 84.3 Å². The summed E-state index contributed by atoms with van der Waals surface area (Å²) in [6, 6.07) is 5.39.